The van der Waals surface area contributed by atoms with Gasteiger partial charge in [-0.05, 0) is 43.7 Å². The van der Waals surface area contributed by atoms with Crippen LogP contribution in [0.15, 0.2) is 29.2 Å². The van der Waals surface area contributed by atoms with Crippen LogP contribution in [0.1, 0.15) is 48.2 Å². The number of Topliss-reactive ketones (excluding diaryl/α,β-unsaturated/α-hetero) is 1. The number of hydrogen-bond donors (Lipinski definition) is 1. The van der Waals surface area contributed by atoms with E-state index in [1.165, 1.54) is 6.07 Å². The highest BCUT2D eigenvalue weighted by Gasteiger charge is 2.65. The lowest BCUT2D eigenvalue weighted by Crippen LogP contribution is -2.31. The molecule has 1 fully saturated rings. The molecule has 39 heavy (non-hydrogen) atoms. The lowest BCUT2D eigenvalue weighted by atomic mass is 10.1. The van der Waals surface area contributed by atoms with Crippen LogP contribution in [0.2, 0.25) is 0 Å². The van der Waals surface area contributed by atoms with Gasteiger partial charge in [0, 0.05) is 24.9 Å². The van der Waals surface area contributed by atoms with Crippen molar-refractivity contribution in [1.82, 2.24) is 4.90 Å². The average Bonchev–Trinajstić information content (AvgIpc) is 3.32. The van der Waals surface area contributed by atoms with Gasteiger partial charge < -0.3 is 14.4 Å². The zero-order chi connectivity index (χ0) is 29.0. The Kier molecular flexibility index (Phi) is 6.45. The summed E-state index contributed by atoms with van der Waals surface area (Å²) in [5.41, 5.74) is -1.64. The zero-order valence-electron chi connectivity index (χ0n) is 20.7. The largest absolute Gasteiger partial charge is 0.490 e. The van der Waals surface area contributed by atoms with Gasteiger partial charge in [0.2, 0.25) is 11.8 Å². The van der Waals surface area contributed by atoms with Crippen LogP contribution in [-0.2, 0) is 16.1 Å². The third kappa shape index (κ3) is 5.40. The van der Waals surface area contributed by atoms with Crippen LogP contribution in [0.4, 0.5) is 29.5 Å². The molecular formula is C24H23F6N3O5S. The minimum absolute atomic E-state index is 0.0346. The molecule has 8 nitrogen and oxygen atoms in total. The summed E-state index contributed by atoms with van der Waals surface area (Å²) in [7, 11) is -10.3. The van der Waals surface area contributed by atoms with Crippen LogP contribution in [-0.4, -0.2) is 48.1 Å². The molecule has 2 amide bonds. The predicted molar refractivity (Wildman–Crippen MR) is 130 cm³/mol. The number of nitrogens with zero attached hydrogens (tertiary/aromatic N) is 2. The summed E-state index contributed by atoms with van der Waals surface area (Å²) >= 11 is 0. The molecule has 0 bridgehead atoms. The molecule has 4 rings (SSSR count). The lowest BCUT2D eigenvalue weighted by Gasteiger charge is -2.41. The number of benzene rings is 2. The van der Waals surface area contributed by atoms with Gasteiger partial charge in [-0.2, -0.15) is 0 Å². The number of hydrogen-bond acceptors (Lipinski definition) is 6. The molecule has 0 spiro atoms. The van der Waals surface area contributed by atoms with Crippen molar-refractivity contribution in [2.75, 3.05) is 24.7 Å². The number of anilines is 1. The molecule has 2 aromatic carbocycles. The minimum atomic E-state index is -10.3. The van der Waals surface area contributed by atoms with Crippen molar-refractivity contribution in [3.8, 4) is 11.5 Å². The Labute approximate surface area is 218 Å². The fraction of sp³-hybridized carbons (Fsp3) is 0.333. The Morgan fingerprint density at radius 1 is 0.974 bits per heavy atom. The topological polar surface area (TPSA) is 100 Å². The first-order valence-corrected chi connectivity index (χ1v) is 13.6. The summed E-state index contributed by atoms with van der Waals surface area (Å²) in [5.74, 6) is -4.52. The number of amidine groups is 1. The van der Waals surface area contributed by atoms with E-state index < -0.39 is 62.2 Å². The van der Waals surface area contributed by atoms with Crippen LogP contribution in [0.25, 0.3) is 0 Å². The Balaban J connectivity index is 1.71. The smallest absolute Gasteiger partial charge is 0.310 e. The first kappa shape index (κ1) is 28.3. The number of carbonyl (C=O) groups is 3. The second kappa shape index (κ2) is 8.89. The van der Waals surface area contributed by atoms with E-state index in [1.54, 1.807) is 13.8 Å². The van der Waals surface area contributed by atoms with Gasteiger partial charge in [0.25, 0.3) is 0 Å². The fourth-order valence-electron chi connectivity index (χ4n) is 4.38. The van der Waals surface area contributed by atoms with Gasteiger partial charge in [0.1, 0.15) is 10.7 Å². The highest BCUT2D eigenvalue weighted by atomic mass is 32.5. The summed E-state index contributed by atoms with van der Waals surface area (Å²) in [6.45, 7) is 2.53. The van der Waals surface area contributed by atoms with Crippen molar-refractivity contribution in [3.63, 3.8) is 0 Å². The van der Waals surface area contributed by atoms with Gasteiger partial charge in [-0.3, -0.25) is 24.7 Å². The van der Waals surface area contributed by atoms with Crippen molar-refractivity contribution in [2.45, 2.75) is 38.1 Å². The van der Waals surface area contributed by atoms with Gasteiger partial charge in [-0.15, -0.1) is 0 Å². The molecule has 2 aliphatic heterocycles. The van der Waals surface area contributed by atoms with E-state index in [4.69, 9.17) is 14.9 Å². The number of fused-ring (bicyclic) bond motifs is 1. The average molecular weight is 580 g/mol. The number of ether oxygens (including phenoxy) is 2. The normalized spacial score (nSPS) is 17.3. The first-order valence-electron chi connectivity index (χ1n) is 11.7. The van der Waals surface area contributed by atoms with Gasteiger partial charge in [0.05, 0.1) is 31.0 Å². The van der Waals surface area contributed by atoms with Crippen molar-refractivity contribution < 1.29 is 47.7 Å². The summed E-state index contributed by atoms with van der Waals surface area (Å²) in [6, 6.07) is 2.08. The molecule has 0 unspecified atom stereocenters. The van der Waals surface area contributed by atoms with Crippen LogP contribution in [0.5, 0.6) is 11.5 Å². The lowest BCUT2D eigenvalue weighted by molar-refractivity contribution is -0.121. The van der Waals surface area contributed by atoms with Crippen LogP contribution < -0.4 is 14.4 Å². The molecule has 15 heteroatoms. The highest BCUT2D eigenvalue weighted by molar-refractivity contribution is 8.45. The molecule has 0 aliphatic carbocycles. The molecule has 2 aromatic rings. The first-order chi connectivity index (χ1) is 17.9. The number of imide groups is 1. The molecular weight excluding hydrogens is 556 g/mol. The summed E-state index contributed by atoms with van der Waals surface area (Å²) in [6.07, 6.45) is -0.657. The van der Waals surface area contributed by atoms with E-state index >= 15 is 4.39 Å². The van der Waals surface area contributed by atoms with E-state index in [9.17, 15) is 33.8 Å². The Morgan fingerprint density at radius 2 is 1.59 bits per heavy atom. The maximum absolute atomic E-state index is 15.3. The molecule has 0 aromatic heterocycles. The molecule has 2 aliphatic rings. The van der Waals surface area contributed by atoms with E-state index in [1.807, 2.05) is 0 Å². The maximum Gasteiger partial charge on any atom is 0.310 e. The minimum Gasteiger partial charge on any atom is -0.490 e. The van der Waals surface area contributed by atoms with Crippen molar-refractivity contribution in [1.29, 1.82) is 5.41 Å². The number of ketones is 1. The molecule has 0 saturated carbocycles. The number of halogens is 6. The monoisotopic (exact) mass is 579 g/mol. The fourth-order valence-corrected chi connectivity index (χ4v) is 5.08. The van der Waals surface area contributed by atoms with Crippen LogP contribution in [0, 0.1) is 11.2 Å². The predicted octanol–water partition coefficient (Wildman–Crippen LogP) is 5.96. The number of carbonyl (C=O) groups excluding carboxylic acids is 3. The Morgan fingerprint density at radius 3 is 2.15 bits per heavy atom. The van der Waals surface area contributed by atoms with E-state index in [2.05, 4.69) is 0 Å². The second-order valence-electron chi connectivity index (χ2n) is 8.85. The van der Waals surface area contributed by atoms with E-state index in [-0.39, 0.29) is 67.4 Å². The van der Waals surface area contributed by atoms with Gasteiger partial charge in [0.15, 0.2) is 23.1 Å². The zero-order valence-corrected chi connectivity index (χ0v) is 21.5. The third-order valence-corrected chi connectivity index (χ3v) is 7.20. The number of rotatable bonds is 9. The SMILES string of the molecule is CCOc1cc2c(c(F)c1OCC)C(=N)N(CC(=O)c1cc(N3C(=O)CCC3=O)cc(S(F)(F)(F)(F)F)c1)C2. The quantitative estimate of drug-likeness (QED) is 0.224. The van der Waals surface area contributed by atoms with Gasteiger partial charge in [-0.1, -0.05) is 19.4 Å². The number of amides is 2. The van der Waals surface area contributed by atoms with Gasteiger partial charge in [-0.25, -0.2) is 4.39 Å². The molecule has 0 radical (unpaired) electrons. The van der Waals surface area contributed by atoms with Gasteiger partial charge >= 0.3 is 10.2 Å². The van der Waals surface area contributed by atoms with Crippen molar-refractivity contribution >= 4 is 39.3 Å². The third-order valence-electron chi connectivity index (χ3n) is 6.07. The maximum atomic E-state index is 15.3. The van der Waals surface area contributed by atoms with Crippen molar-refractivity contribution in [3.05, 3.63) is 46.8 Å². The van der Waals surface area contributed by atoms with E-state index in [0.717, 1.165) is 11.0 Å². The Hall–Kier alpha value is -3.75. The molecule has 212 valence electrons. The highest BCUT2D eigenvalue weighted by Crippen LogP contribution is 3.02. The Bertz CT molecular complexity index is 1420. The molecule has 2 heterocycles. The summed E-state index contributed by atoms with van der Waals surface area (Å²) in [4.78, 5) is 36.2. The molecule has 0 atom stereocenters. The standard InChI is InChI=1S/C24H23F6N3O5S/c1-3-37-18-9-14-11-32(24(31)21(14)22(25)23(18)38-4-2)12-17(34)13-7-15(33-19(35)5-6-20(33)36)10-16(8-13)39(26,27,28,29)30/h7-10,31H,3-6,11-12H2,1-2H3. The molecule has 1 N–H and O–H groups in total. The number of nitrogens with one attached hydrogen (secondary N) is 1. The van der Waals surface area contributed by atoms with Crippen LogP contribution in [0.3, 0.4) is 0 Å². The molecule has 1 saturated heterocycles. The summed E-state index contributed by atoms with van der Waals surface area (Å²) in [5, 5.41) is 8.37. The summed E-state index contributed by atoms with van der Waals surface area (Å²) < 4.78 is 94.6. The van der Waals surface area contributed by atoms with E-state index in [0.29, 0.717) is 4.90 Å². The van der Waals surface area contributed by atoms with Crippen molar-refractivity contribution in [2.24, 2.45) is 0 Å². The second-order valence-corrected chi connectivity index (χ2v) is 11.3. The van der Waals surface area contributed by atoms with Crippen LogP contribution >= 0.6 is 10.2 Å².